The van der Waals surface area contributed by atoms with E-state index in [1.807, 2.05) is 6.92 Å². The smallest absolute Gasteiger partial charge is 0.317 e. The third kappa shape index (κ3) is 4.08. The number of H-pyrrole nitrogens is 1. The van der Waals surface area contributed by atoms with E-state index in [4.69, 9.17) is 5.11 Å². The second kappa shape index (κ2) is 6.63. The number of hydrogen-bond donors (Lipinski definition) is 3. The molecule has 0 aliphatic carbocycles. The number of nitrogens with one attached hydrogen (secondary N) is 2. The number of hydrogen-bond acceptors (Lipinski definition) is 3. The molecule has 1 aromatic rings. The van der Waals surface area contributed by atoms with E-state index in [0.29, 0.717) is 13.1 Å². The van der Waals surface area contributed by atoms with Crippen LogP contribution in [0, 0.1) is 0 Å². The number of rotatable bonds is 6. The fourth-order valence-corrected chi connectivity index (χ4v) is 1.67. The fraction of sp³-hybridized carbons (Fsp3) is 0.545. The Bertz CT molecular complexity index is 391. The Hall–Kier alpha value is -2.05. The Morgan fingerprint density at radius 1 is 1.61 bits per heavy atom. The van der Waals surface area contributed by atoms with Crippen molar-refractivity contribution in [3.63, 3.8) is 0 Å². The summed E-state index contributed by atoms with van der Waals surface area (Å²) in [5, 5.41) is 11.4. The molecule has 1 rings (SSSR count). The fourth-order valence-electron chi connectivity index (χ4n) is 1.67. The van der Waals surface area contributed by atoms with Gasteiger partial charge in [-0.3, -0.25) is 4.79 Å². The van der Waals surface area contributed by atoms with Gasteiger partial charge in [0.25, 0.3) is 0 Å². The quantitative estimate of drug-likeness (QED) is 0.699. The maximum Gasteiger partial charge on any atom is 0.317 e. The van der Waals surface area contributed by atoms with Crippen LogP contribution in [0.5, 0.6) is 0 Å². The standard InChI is InChI=1S/C11H18N4O3/c1-3-15(8(2)4-10(16)17)11(18)13-6-9-5-12-7-14-9/h5,7-8H,3-4,6H2,1-2H3,(H,12,14)(H,13,18)(H,16,17). The van der Waals surface area contributed by atoms with E-state index in [9.17, 15) is 9.59 Å². The molecule has 2 amide bonds. The first-order chi connectivity index (χ1) is 8.54. The number of aliphatic carboxylic acids is 1. The molecule has 0 spiro atoms. The Morgan fingerprint density at radius 3 is 2.83 bits per heavy atom. The summed E-state index contributed by atoms with van der Waals surface area (Å²) in [5.74, 6) is -0.915. The van der Waals surface area contributed by atoms with Gasteiger partial charge in [-0.25, -0.2) is 9.78 Å². The van der Waals surface area contributed by atoms with Gasteiger partial charge < -0.3 is 20.3 Å². The molecule has 0 bridgehead atoms. The normalized spacial score (nSPS) is 11.9. The van der Waals surface area contributed by atoms with Gasteiger partial charge in [0.05, 0.1) is 25.0 Å². The Balaban J connectivity index is 2.48. The van der Waals surface area contributed by atoms with Crippen molar-refractivity contribution in [2.45, 2.75) is 32.9 Å². The van der Waals surface area contributed by atoms with Gasteiger partial charge in [0.1, 0.15) is 0 Å². The van der Waals surface area contributed by atoms with Crippen LogP contribution < -0.4 is 5.32 Å². The highest BCUT2D eigenvalue weighted by Crippen LogP contribution is 2.04. The first-order valence-corrected chi connectivity index (χ1v) is 5.78. The molecule has 1 aromatic heterocycles. The summed E-state index contributed by atoms with van der Waals surface area (Å²) in [6.07, 6.45) is 3.09. The van der Waals surface area contributed by atoms with Crippen LogP contribution in [-0.4, -0.2) is 44.6 Å². The number of aromatic amines is 1. The van der Waals surface area contributed by atoms with Gasteiger partial charge in [-0.1, -0.05) is 0 Å². The summed E-state index contributed by atoms with van der Waals surface area (Å²) in [6.45, 7) is 4.33. The van der Waals surface area contributed by atoms with E-state index in [0.717, 1.165) is 5.69 Å². The molecule has 0 saturated carbocycles. The second-order valence-corrected chi connectivity index (χ2v) is 3.97. The highest BCUT2D eigenvalue weighted by Gasteiger charge is 2.20. The van der Waals surface area contributed by atoms with Crippen molar-refractivity contribution in [1.29, 1.82) is 0 Å². The van der Waals surface area contributed by atoms with E-state index in [1.54, 1.807) is 13.1 Å². The first kappa shape index (κ1) is 14.0. The van der Waals surface area contributed by atoms with Crippen LogP contribution in [0.15, 0.2) is 12.5 Å². The van der Waals surface area contributed by atoms with Crippen LogP contribution in [0.25, 0.3) is 0 Å². The minimum atomic E-state index is -0.915. The predicted octanol–water partition coefficient (Wildman–Crippen LogP) is 0.804. The average Bonchev–Trinajstić information content (AvgIpc) is 2.79. The minimum Gasteiger partial charge on any atom is -0.481 e. The van der Waals surface area contributed by atoms with E-state index in [2.05, 4.69) is 15.3 Å². The zero-order valence-electron chi connectivity index (χ0n) is 10.5. The van der Waals surface area contributed by atoms with Crippen LogP contribution in [-0.2, 0) is 11.3 Å². The Morgan fingerprint density at radius 2 is 2.33 bits per heavy atom. The summed E-state index contributed by atoms with van der Waals surface area (Å²) in [5.41, 5.74) is 0.797. The highest BCUT2D eigenvalue weighted by atomic mass is 16.4. The van der Waals surface area contributed by atoms with Gasteiger partial charge in [0.15, 0.2) is 0 Å². The van der Waals surface area contributed by atoms with Gasteiger partial charge in [0.2, 0.25) is 0 Å². The summed E-state index contributed by atoms with van der Waals surface area (Å²) in [4.78, 5) is 30.7. The molecule has 0 fully saturated rings. The van der Waals surface area contributed by atoms with E-state index >= 15 is 0 Å². The van der Waals surface area contributed by atoms with Crippen molar-refractivity contribution >= 4 is 12.0 Å². The lowest BCUT2D eigenvalue weighted by Gasteiger charge is -2.27. The third-order valence-electron chi connectivity index (χ3n) is 2.59. The molecule has 1 unspecified atom stereocenters. The number of carbonyl (C=O) groups is 2. The maximum absolute atomic E-state index is 11.9. The van der Waals surface area contributed by atoms with Crippen molar-refractivity contribution in [3.05, 3.63) is 18.2 Å². The number of carbonyl (C=O) groups excluding carboxylic acids is 1. The second-order valence-electron chi connectivity index (χ2n) is 3.97. The number of imidazole rings is 1. The molecular formula is C11H18N4O3. The maximum atomic E-state index is 11.9. The van der Waals surface area contributed by atoms with Gasteiger partial charge in [-0.2, -0.15) is 0 Å². The lowest BCUT2D eigenvalue weighted by molar-refractivity contribution is -0.138. The Kier molecular flexibility index (Phi) is 5.16. The average molecular weight is 254 g/mol. The summed E-state index contributed by atoms with van der Waals surface area (Å²) >= 11 is 0. The summed E-state index contributed by atoms with van der Waals surface area (Å²) in [6, 6.07) is -0.616. The molecule has 0 aliphatic rings. The molecule has 18 heavy (non-hydrogen) atoms. The van der Waals surface area contributed by atoms with Gasteiger partial charge in [-0.15, -0.1) is 0 Å². The molecule has 7 nitrogen and oxygen atoms in total. The van der Waals surface area contributed by atoms with Gasteiger partial charge >= 0.3 is 12.0 Å². The van der Waals surface area contributed by atoms with Crippen molar-refractivity contribution < 1.29 is 14.7 Å². The van der Waals surface area contributed by atoms with Gasteiger partial charge in [0, 0.05) is 18.8 Å². The number of carboxylic acids is 1. The molecule has 0 saturated heterocycles. The first-order valence-electron chi connectivity index (χ1n) is 5.78. The predicted molar refractivity (Wildman–Crippen MR) is 64.9 cm³/mol. The number of aromatic nitrogens is 2. The molecule has 1 heterocycles. The summed E-state index contributed by atoms with van der Waals surface area (Å²) in [7, 11) is 0. The van der Waals surface area contributed by atoms with Crippen molar-refractivity contribution in [1.82, 2.24) is 20.2 Å². The molecule has 0 aliphatic heterocycles. The zero-order chi connectivity index (χ0) is 13.5. The molecule has 100 valence electrons. The number of urea groups is 1. The lowest BCUT2D eigenvalue weighted by atomic mass is 10.2. The van der Waals surface area contributed by atoms with Crippen LogP contribution in [0.3, 0.4) is 0 Å². The highest BCUT2D eigenvalue weighted by molar-refractivity contribution is 5.75. The number of amides is 2. The minimum absolute atomic E-state index is 0.0642. The zero-order valence-corrected chi connectivity index (χ0v) is 10.5. The van der Waals surface area contributed by atoms with Crippen molar-refractivity contribution in [2.24, 2.45) is 0 Å². The van der Waals surface area contributed by atoms with Crippen LogP contribution in [0.2, 0.25) is 0 Å². The largest absolute Gasteiger partial charge is 0.481 e. The number of carboxylic acid groups (broad SMARTS) is 1. The Labute approximate surface area is 105 Å². The van der Waals surface area contributed by atoms with Crippen molar-refractivity contribution in [3.8, 4) is 0 Å². The lowest BCUT2D eigenvalue weighted by Crippen LogP contribution is -2.45. The van der Waals surface area contributed by atoms with E-state index in [1.165, 1.54) is 11.2 Å². The van der Waals surface area contributed by atoms with E-state index < -0.39 is 5.97 Å². The topological polar surface area (TPSA) is 98.3 Å². The van der Waals surface area contributed by atoms with Crippen molar-refractivity contribution in [2.75, 3.05) is 6.54 Å². The number of nitrogens with zero attached hydrogens (tertiary/aromatic N) is 2. The molecular weight excluding hydrogens is 236 g/mol. The molecule has 0 aromatic carbocycles. The molecule has 0 radical (unpaired) electrons. The molecule has 7 heteroatoms. The SMILES string of the molecule is CCN(C(=O)NCc1cnc[nH]1)C(C)CC(=O)O. The monoisotopic (exact) mass is 254 g/mol. The van der Waals surface area contributed by atoms with E-state index in [-0.39, 0.29) is 18.5 Å². The van der Waals surface area contributed by atoms with Crippen LogP contribution >= 0.6 is 0 Å². The van der Waals surface area contributed by atoms with Gasteiger partial charge in [-0.05, 0) is 13.8 Å². The van der Waals surface area contributed by atoms with Crippen LogP contribution in [0.1, 0.15) is 26.0 Å². The summed E-state index contributed by atoms with van der Waals surface area (Å²) < 4.78 is 0. The molecule has 3 N–H and O–H groups in total. The molecule has 1 atom stereocenters. The third-order valence-corrected chi connectivity index (χ3v) is 2.59. The van der Waals surface area contributed by atoms with Crippen LogP contribution in [0.4, 0.5) is 4.79 Å².